The normalized spacial score (nSPS) is 26.7. The molecule has 1 aromatic rings. The standard InChI is InChI=1S/C34H52N6O4/c41-30-10-8-27(9-11-30)35-23-26(33(43)39-20-12-28(13-21-39)37-16-4-1-5-17-37)22-32(42)38-18-14-29(15-19-38)40-24-25-6-2-3-7-31(25)36-34(40)44/h2-3,6-7,26-30,35,41H,1,4-5,8-24H2,(H,36,44)/t26-,27?,30?/m1/s1. The Morgan fingerprint density at radius 1 is 0.841 bits per heavy atom. The SMILES string of the molecule is O=C(C[C@H](CNC1CCC(O)CC1)C(=O)N1CCC(N2CCCCC2)CC1)N1CCC(N2Cc3ccccc3NC2=O)CC1. The van der Waals surface area contributed by atoms with Gasteiger partial charge in [-0.2, -0.15) is 0 Å². The number of rotatable bonds is 8. The zero-order valence-corrected chi connectivity index (χ0v) is 26.3. The van der Waals surface area contributed by atoms with E-state index in [2.05, 4.69) is 21.6 Å². The van der Waals surface area contributed by atoms with Gasteiger partial charge in [0.05, 0.1) is 12.0 Å². The number of benzene rings is 1. The zero-order valence-electron chi connectivity index (χ0n) is 26.3. The Labute approximate surface area is 262 Å². The molecular weight excluding hydrogens is 556 g/mol. The van der Waals surface area contributed by atoms with E-state index in [1.165, 1.54) is 32.4 Å². The van der Waals surface area contributed by atoms with Gasteiger partial charge in [-0.15, -0.1) is 0 Å². The number of nitrogens with zero attached hydrogens (tertiary/aromatic N) is 4. The molecule has 4 fully saturated rings. The Balaban J connectivity index is 1.03. The highest BCUT2D eigenvalue weighted by atomic mass is 16.3. The largest absolute Gasteiger partial charge is 0.393 e. The summed E-state index contributed by atoms with van der Waals surface area (Å²) < 4.78 is 0. The van der Waals surface area contributed by atoms with Crippen LogP contribution in [0.25, 0.3) is 0 Å². The van der Waals surface area contributed by atoms with Crippen molar-refractivity contribution in [1.82, 2.24) is 24.9 Å². The van der Waals surface area contributed by atoms with Crippen molar-refractivity contribution in [3.05, 3.63) is 29.8 Å². The zero-order chi connectivity index (χ0) is 30.5. The molecule has 4 amide bonds. The van der Waals surface area contributed by atoms with Crippen LogP contribution in [0.2, 0.25) is 0 Å². The number of carbonyl (C=O) groups is 3. The van der Waals surface area contributed by atoms with Crippen molar-refractivity contribution in [3.8, 4) is 0 Å². The third-order valence-electron chi connectivity index (χ3n) is 10.9. The van der Waals surface area contributed by atoms with Gasteiger partial charge in [0.25, 0.3) is 0 Å². The number of hydrogen-bond acceptors (Lipinski definition) is 6. The van der Waals surface area contributed by atoms with Crippen molar-refractivity contribution in [3.63, 3.8) is 0 Å². The lowest BCUT2D eigenvalue weighted by Crippen LogP contribution is -2.53. The topological polar surface area (TPSA) is 108 Å². The number of para-hydroxylation sites is 1. The van der Waals surface area contributed by atoms with E-state index < -0.39 is 0 Å². The van der Waals surface area contributed by atoms with Gasteiger partial charge in [0.1, 0.15) is 0 Å². The number of nitrogens with one attached hydrogen (secondary N) is 2. The number of likely N-dealkylation sites (tertiary alicyclic amines) is 3. The number of carbonyl (C=O) groups excluding carboxylic acids is 3. The fraction of sp³-hybridized carbons (Fsp3) is 0.735. The number of hydrogen-bond donors (Lipinski definition) is 3. The minimum atomic E-state index is -0.386. The Hall–Kier alpha value is -2.69. The van der Waals surface area contributed by atoms with Crippen molar-refractivity contribution in [1.29, 1.82) is 0 Å². The van der Waals surface area contributed by atoms with Gasteiger partial charge < -0.3 is 35.3 Å². The van der Waals surface area contributed by atoms with Gasteiger partial charge in [0.15, 0.2) is 0 Å². The third-order valence-corrected chi connectivity index (χ3v) is 10.9. The molecule has 0 bridgehead atoms. The lowest BCUT2D eigenvalue weighted by atomic mass is 9.92. The van der Waals surface area contributed by atoms with E-state index >= 15 is 0 Å². The summed E-state index contributed by atoms with van der Waals surface area (Å²) in [7, 11) is 0. The van der Waals surface area contributed by atoms with E-state index in [0.717, 1.165) is 75.7 Å². The lowest BCUT2D eigenvalue weighted by Gasteiger charge is -2.42. The predicted octanol–water partition coefficient (Wildman–Crippen LogP) is 3.40. The van der Waals surface area contributed by atoms with Crippen LogP contribution >= 0.6 is 0 Å². The first-order valence-corrected chi connectivity index (χ1v) is 17.3. The number of aliphatic hydroxyl groups is 1. The highest BCUT2D eigenvalue weighted by Gasteiger charge is 2.36. The Kier molecular flexibility index (Phi) is 10.4. The molecule has 1 aliphatic carbocycles. The van der Waals surface area contributed by atoms with E-state index in [9.17, 15) is 19.5 Å². The number of piperidine rings is 3. The molecule has 0 spiro atoms. The summed E-state index contributed by atoms with van der Waals surface area (Å²) in [5, 5.41) is 16.6. The summed E-state index contributed by atoms with van der Waals surface area (Å²) in [6.07, 6.45) is 10.8. The van der Waals surface area contributed by atoms with Crippen LogP contribution in [-0.4, -0.2) is 113 Å². The molecule has 242 valence electrons. The average Bonchev–Trinajstić information content (AvgIpc) is 3.07. The molecule has 1 saturated carbocycles. The predicted molar refractivity (Wildman–Crippen MR) is 170 cm³/mol. The summed E-state index contributed by atoms with van der Waals surface area (Å²) >= 11 is 0. The molecule has 10 heteroatoms. The molecule has 1 atom stereocenters. The quantitative estimate of drug-likeness (QED) is 0.418. The van der Waals surface area contributed by atoms with Crippen LogP contribution in [0.15, 0.2) is 24.3 Å². The molecule has 3 N–H and O–H groups in total. The monoisotopic (exact) mass is 608 g/mol. The number of fused-ring (bicyclic) bond motifs is 1. The molecule has 3 saturated heterocycles. The van der Waals surface area contributed by atoms with Crippen molar-refractivity contribution in [2.75, 3.05) is 51.1 Å². The molecule has 4 aliphatic heterocycles. The first-order valence-electron chi connectivity index (χ1n) is 17.3. The fourth-order valence-electron chi connectivity index (χ4n) is 8.11. The van der Waals surface area contributed by atoms with Gasteiger partial charge in [-0.3, -0.25) is 9.59 Å². The third kappa shape index (κ3) is 7.57. The fourth-order valence-corrected chi connectivity index (χ4v) is 8.11. The van der Waals surface area contributed by atoms with Crippen LogP contribution in [0.5, 0.6) is 0 Å². The maximum Gasteiger partial charge on any atom is 0.322 e. The number of amides is 4. The smallest absolute Gasteiger partial charge is 0.322 e. The second-order valence-electron chi connectivity index (χ2n) is 13.8. The minimum absolute atomic E-state index is 0.0410. The second-order valence-corrected chi connectivity index (χ2v) is 13.8. The van der Waals surface area contributed by atoms with Crippen LogP contribution < -0.4 is 10.6 Å². The second kappa shape index (κ2) is 14.6. The molecule has 44 heavy (non-hydrogen) atoms. The van der Waals surface area contributed by atoms with Crippen molar-refractivity contribution < 1.29 is 19.5 Å². The molecule has 0 unspecified atom stereocenters. The Morgan fingerprint density at radius 3 is 2.23 bits per heavy atom. The first kappa shape index (κ1) is 31.3. The summed E-state index contributed by atoms with van der Waals surface area (Å²) in [5.74, 6) is -0.236. The molecule has 6 rings (SSSR count). The summed E-state index contributed by atoms with van der Waals surface area (Å²) in [6.45, 7) is 6.20. The van der Waals surface area contributed by atoms with Gasteiger partial charge in [-0.05, 0) is 88.9 Å². The molecule has 4 heterocycles. The van der Waals surface area contributed by atoms with E-state index in [1.54, 1.807) is 0 Å². The van der Waals surface area contributed by atoms with Gasteiger partial charge in [0, 0.05) is 69.5 Å². The van der Waals surface area contributed by atoms with Gasteiger partial charge in [-0.1, -0.05) is 24.6 Å². The number of aliphatic hydroxyl groups excluding tert-OH is 1. The van der Waals surface area contributed by atoms with E-state index in [4.69, 9.17) is 0 Å². The van der Waals surface area contributed by atoms with Crippen molar-refractivity contribution in [2.45, 2.75) is 108 Å². The molecule has 10 nitrogen and oxygen atoms in total. The van der Waals surface area contributed by atoms with E-state index in [-0.39, 0.29) is 48.4 Å². The molecule has 0 aromatic heterocycles. The number of urea groups is 1. The maximum atomic E-state index is 13.9. The Morgan fingerprint density at radius 2 is 1.50 bits per heavy atom. The summed E-state index contributed by atoms with van der Waals surface area (Å²) in [4.78, 5) is 48.9. The average molecular weight is 609 g/mol. The van der Waals surface area contributed by atoms with E-state index in [1.807, 2.05) is 32.9 Å². The van der Waals surface area contributed by atoms with Gasteiger partial charge in [-0.25, -0.2) is 4.79 Å². The van der Waals surface area contributed by atoms with Crippen molar-refractivity contribution in [2.24, 2.45) is 5.92 Å². The Bertz CT molecular complexity index is 1130. The maximum absolute atomic E-state index is 13.9. The highest BCUT2D eigenvalue weighted by molar-refractivity contribution is 5.92. The van der Waals surface area contributed by atoms with Crippen molar-refractivity contribution >= 4 is 23.5 Å². The van der Waals surface area contributed by atoms with Gasteiger partial charge >= 0.3 is 6.03 Å². The summed E-state index contributed by atoms with van der Waals surface area (Å²) in [6, 6.07) is 8.80. The van der Waals surface area contributed by atoms with Crippen LogP contribution in [-0.2, 0) is 16.1 Å². The molecule has 5 aliphatic rings. The first-order chi connectivity index (χ1) is 21.4. The molecular formula is C34H52N6O4. The molecule has 1 aromatic carbocycles. The summed E-state index contributed by atoms with van der Waals surface area (Å²) in [5.41, 5.74) is 2.00. The van der Waals surface area contributed by atoms with Crippen LogP contribution in [0, 0.1) is 5.92 Å². The highest BCUT2D eigenvalue weighted by Crippen LogP contribution is 2.29. The van der Waals surface area contributed by atoms with Crippen LogP contribution in [0.3, 0.4) is 0 Å². The van der Waals surface area contributed by atoms with E-state index in [0.29, 0.717) is 32.2 Å². The number of anilines is 1. The van der Waals surface area contributed by atoms with Gasteiger partial charge in [0.2, 0.25) is 11.8 Å². The minimum Gasteiger partial charge on any atom is -0.393 e. The van der Waals surface area contributed by atoms with Crippen LogP contribution in [0.1, 0.15) is 82.6 Å². The lowest BCUT2D eigenvalue weighted by molar-refractivity contribution is -0.143. The van der Waals surface area contributed by atoms with Crippen LogP contribution in [0.4, 0.5) is 10.5 Å². The molecule has 0 radical (unpaired) electrons.